The first-order valence-electron chi connectivity index (χ1n) is 5.39. The second-order valence-corrected chi connectivity index (χ2v) is 5.35. The zero-order valence-corrected chi connectivity index (χ0v) is 11.0. The number of carbonyl (C=O) groups is 1. The molecule has 0 fully saturated rings. The Kier molecular flexibility index (Phi) is 4.64. The SMILES string of the molecule is C#CC(CC)NC(=O)c1ccc(S(N)(=O)=O)cc1F. The number of primary sulfonamides is 1. The number of halogens is 1. The van der Waals surface area contributed by atoms with E-state index in [1.54, 1.807) is 6.92 Å². The van der Waals surface area contributed by atoms with E-state index in [1.807, 2.05) is 0 Å². The maximum Gasteiger partial charge on any atom is 0.255 e. The lowest BCUT2D eigenvalue weighted by Crippen LogP contribution is -2.33. The molecule has 1 aromatic rings. The molecule has 0 aromatic heterocycles. The van der Waals surface area contributed by atoms with Crippen LogP contribution >= 0.6 is 0 Å². The highest BCUT2D eigenvalue weighted by atomic mass is 32.2. The molecule has 0 bridgehead atoms. The zero-order chi connectivity index (χ0) is 14.6. The fourth-order valence-electron chi connectivity index (χ4n) is 1.35. The van der Waals surface area contributed by atoms with Crippen molar-refractivity contribution in [3.63, 3.8) is 0 Å². The van der Waals surface area contributed by atoms with Gasteiger partial charge in [0, 0.05) is 0 Å². The van der Waals surface area contributed by atoms with E-state index in [4.69, 9.17) is 11.6 Å². The van der Waals surface area contributed by atoms with Crippen molar-refractivity contribution in [1.82, 2.24) is 5.32 Å². The fourth-order valence-corrected chi connectivity index (χ4v) is 1.88. The van der Waals surface area contributed by atoms with Crippen LogP contribution in [0.4, 0.5) is 4.39 Å². The number of carbonyl (C=O) groups excluding carboxylic acids is 1. The van der Waals surface area contributed by atoms with Crippen LogP contribution in [-0.2, 0) is 10.0 Å². The van der Waals surface area contributed by atoms with E-state index in [1.165, 1.54) is 0 Å². The molecular formula is C12H13FN2O3S. The molecule has 102 valence electrons. The monoisotopic (exact) mass is 284 g/mol. The van der Waals surface area contributed by atoms with Crippen molar-refractivity contribution in [1.29, 1.82) is 0 Å². The van der Waals surface area contributed by atoms with Gasteiger partial charge in [-0.3, -0.25) is 4.79 Å². The van der Waals surface area contributed by atoms with Gasteiger partial charge in [0.2, 0.25) is 10.0 Å². The van der Waals surface area contributed by atoms with Crippen LogP contribution in [0.2, 0.25) is 0 Å². The van der Waals surface area contributed by atoms with Crippen LogP contribution in [0.5, 0.6) is 0 Å². The minimum absolute atomic E-state index is 0.291. The van der Waals surface area contributed by atoms with Crippen molar-refractivity contribution in [2.75, 3.05) is 0 Å². The first kappa shape index (κ1) is 15.1. The van der Waals surface area contributed by atoms with Gasteiger partial charge >= 0.3 is 0 Å². The summed E-state index contributed by atoms with van der Waals surface area (Å²) in [7, 11) is -4.00. The number of hydrogen-bond donors (Lipinski definition) is 2. The van der Waals surface area contributed by atoms with E-state index in [-0.39, 0.29) is 5.56 Å². The van der Waals surface area contributed by atoms with E-state index < -0.39 is 32.7 Å². The molecular weight excluding hydrogens is 271 g/mol. The number of hydrogen-bond acceptors (Lipinski definition) is 3. The molecule has 7 heteroatoms. The van der Waals surface area contributed by atoms with Gasteiger partial charge in [0.15, 0.2) is 0 Å². The highest BCUT2D eigenvalue weighted by Crippen LogP contribution is 2.14. The molecule has 3 N–H and O–H groups in total. The average Bonchev–Trinajstić information content (AvgIpc) is 2.34. The lowest BCUT2D eigenvalue weighted by Gasteiger charge is -2.11. The molecule has 1 unspecified atom stereocenters. The number of rotatable bonds is 4. The van der Waals surface area contributed by atoms with Crippen molar-refractivity contribution in [3.8, 4) is 12.3 Å². The van der Waals surface area contributed by atoms with Gasteiger partial charge in [0.25, 0.3) is 5.91 Å². The minimum atomic E-state index is -4.00. The topological polar surface area (TPSA) is 89.3 Å². The third-order valence-electron chi connectivity index (χ3n) is 2.43. The number of benzene rings is 1. The second kappa shape index (κ2) is 5.82. The van der Waals surface area contributed by atoms with Gasteiger partial charge in [0.1, 0.15) is 5.82 Å². The molecule has 0 aliphatic heterocycles. The Morgan fingerprint density at radius 1 is 1.58 bits per heavy atom. The Morgan fingerprint density at radius 2 is 2.21 bits per heavy atom. The molecule has 0 aliphatic carbocycles. The Balaban J connectivity index is 3.04. The third-order valence-corrected chi connectivity index (χ3v) is 3.34. The van der Waals surface area contributed by atoms with Gasteiger partial charge < -0.3 is 5.32 Å². The summed E-state index contributed by atoms with van der Waals surface area (Å²) in [6, 6.07) is 2.30. The van der Waals surface area contributed by atoms with Crippen LogP contribution in [0, 0.1) is 18.2 Å². The normalized spacial score (nSPS) is 12.5. The highest BCUT2D eigenvalue weighted by Gasteiger charge is 2.17. The first-order valence-corrected chi connectivity index (χ1v) is 6.93. The number of nitrogens with two attached hydrogens (primary N) is 1. The smallest absolute Gasteiger partial charge is 0.255 e. The molecule has 5 nitrogen and oxygen atoms in total. The summed E-state index contributed by atoms with van der Waals surface area (Å²) in [5, 5.41) is 7.29. The van der Waals surface area contributed by atoms with Crippen molar-refractivity contribution in [2.24, 2.45) is 5.14 Å². The van der Waals surface area contributed by atoms with Gasteiger partial charge in [0.05, 0.1) is 16.5 Å². The van der Waals surface area contributed by atoms with E-state index >= 15 is 0 Å². The fraction of sp³-hybridized carbons (Fsp3) is 0.250. The van der Waals surface area contributed by atoms with Gasteiger partial charge in [-0.05, 0) is 24.6 Å². The summed E-state index contributed by atoms with van der Waals surface area (Å²) < 4.78 is 35.7. The van der Waals surface area contributed by atoms with E-state index in [0.717, 1.165) is 12.1 Å². The molecule has 1 rings (SSSR count). The van der Waals surface area contributed by atoms with Crippen molar-refractivity contribution in [3.05, 3.63) is 29.6 Å². The van der Waals surface area contributed by atoms with E-state index in [0.29, 0.717) is 12.5 Å². The summed E-state index contributed by atoms with van der Waals surface area (Å²) in [5.41, 5.74) is -0.291. The van der Waals surface area contributed by atoms with Gasteiger partial charge in [-0.15, -0.1) is 6.42 Å². The Bertz CT molecular complexity index is 635. The van der Waals surface area contributed by atoms with Crippen LogP contribution in [0.15, 0.2) is 23.1 Å². The number of nitrogens with one attached hydrogen (secondary N) is 1. The molecule has 0 heterocycles. The summed E-state index contributed by atoms with van der Waals surface area (Å²) in [6.45, 7) is 1.77. The first-order chi connectivity index (χ1) is 8.79. The molecule has 1 atom stereocenters. The molecule has 0 radical (unpaired) electrons. The Hall–Kier alpha value is -1.91. The average molecular weight is 284 g/mol. The Morgan fingerprint density at radius 3 is 2.63 bits per heavy atom. The summed E-state index contributed by atoms with van der Waals surface area (Å²) in [4.78, 5) is 11.3. The summed E-state index contributed by atoms with van der Waals surface area (Å²) >= 11 is 0. The maximum absolute atomic E-state index is 13.7. The number of sulfonamides is 1. The molecule has 1 amide bonds. The number of amides is 1. The molecule has 0 spiro atoms. The standard InChI is InChI=1S/C12H13FN2O3S/c1-3-8(4-2)15-12(16)10-6-5-9(7-11(10)13)19(14,17)18/h1,5-8H,4H2,2H3,(H,15,16)(H2,14,17,18). The molecule has 19 heavy (non-hydrogen) atoms. The predicted octanol–water partition coefficient (Wildman–Crippen LogP) is 0.615. The summed E-state index contributed by atoms with van der Waals surface area (Å²) in [6.07, 6.45) is 5.67. The van der Waals surface area contributed by atoms with Gasteiger partial charge in [-0.2, -0.15) is 0 Å². The number of terminal acetylenes is 1. The molecule has 1 aromatic carbocycles. The van der Waals surface area contributed by atoms with Crippen LogP contribution < -0.4 is 10.5 Å². The molecule has 0 saturated heterocycles. The van der Waals surface area contributed by atoms with Crippen molar-refractivity contribution < 1.29 is 17.6 Å². The summed E-state index contributed by atoms with van der Waals surface area (Å²) in [5.74, 6) is 0.656. The van der Waals surface area contributed by atoms with E-state index in [2.05, 4.69) is 11.2 Å². The largest absolute Gasteiger partial charge is 0.338 e. The van der Waals surface area contributed by atoms with Crippen LogP contribution in [0.25, 0.3) is 0 Å². The molecule has 0 saturated carbocycles. The van der Waals surface area contributed by atoms with Crippen molar-refractivity contribution >= 4 is 15.9 Å². The zero-order valence-electron chi connectivity index (χ0n) is 10.2. The lowest BCUT2D eigenvalue weighted by atomic mass is 10.1. The van der Waals surface area contributed by atoms with Crippen LogP contribution in [0.3, 0.4) is 0 Å². The third kappa shape index (κ3) is 3.77. The van der Waals surface area contributed by atoms with Crippen molar-refractivity contribution in [2.45, 2.75) is 24.3 Å². The lowest BCUT2D eigenvalue weighted by molar-refractivity contribution is 0.0941. The van der Waals surface area contributed by atoms with Crippen LogP contribution in [-0.4, -0.2) is 20.4 Å². The van der Waals surface area contributed by atoms with Gasteiger partial charge in [-0.1, -0.05) is 12.8 Å². The minimum Gasteiger partial charge on any atom is -0.338 e. The quantitative estimate of drug-likeness (QED) is 0.794. The highest BCUT2D eigenvalue weighted by molar-refractivity contribution is 7.89. The maximum atomic E-state index is 13.7. The van der Waals surface area contributed by atoms with Gasteiger partial charge in [-0.25, -0.2) is 17.9 Å². The molecule has 0 aliphatic rings. The van der Waals surface area contributed by atoms with E-state index in [9.17, 15) is 17.6 Å². The van der Waals surface area contributed by atoms with Crippen LogP contribution in [0.1, 0.15) is 23.7 Å². The predicted molar refractivity (Wildman–Crippen MR) is 68.2 cm³/mol. The second-order valence-electron chi connectivity index (χ2n) is 3.79. The Labute approximate surface area is 111 Å².